The number of aliphatic hydroxyl groups is 17. The van der Waals surface area contributed by atoms with E-state index in [1.165, 1.54) is 27.7 Å². The van der Waals surface area contributed by atoms with Crippen LogP contribution in [0.25, 0.3) is 0 Å². The average molecular weight is 1580 g/mol. The molecule has 0 aromatic heterocycles. The van der Waals surface area contributed by atoms with Gasteiger partial charge in [0.25, 0.3) is 0 Å². The molecule has 0 radical (unpaired) electrons. The minimum atomic E-state index is -2.25. The molecule has 0 spiro atoms. The van der Waals surface area contributed by atoms with E-state index in [1.807, 2.05) is 0 Å². The van der Waals surface area contributed by atoms with Crippen LogP contribution in [0.3, 0.4) is 0 Å². The molecule has 4 saturated carbocycles. The van der Waals surface area contributed by atoms with Gasteiger partial charge in [0.15, 0.2) is 56.1 Å². The predicted molar refractivity (Wildman–Crippen MR) is 361 cm³/mol. The van der Waals surface area contributed by atoms with Crippen molar-refractivity contribution in [3.05, 3.63) is 11.6 Å². The molecule has 37 heteroatoms. The number of esters is 2. The molecule has 12 rings (SSSR count). The molecule has 7 heterocycles. The van der Waals surface area contributed by atoms with Gasteiger partial charge in [-0.05, 0) is 125 Å². The Labute approximate surface area is 634 Å². The molecule has 7 saturated heterocycles. The van der Waals surface area contributed by atoms with E-state index >= 15 is 4.79 Å². The van der Waals surface area contributed by atoms with Gasteiger partial charge in [-0.2, -0.15) is 0 Å². The van der Waals surface area contributed by atoms with Crippen LogP contribution in [-0.2, 0) is 90.2 Å². The number of aliphatic hydroxyl groups excluding tert-OH is 17. The Morgan fingerprint density at radius 2 is 1.01 bits per heavy atom. The molecule has 18 N–H and O–H groups in total. The van der Waals surface area contributed by atoms with E-state index in [0.717, 1.165) is 18.8 Å². The summed E-state index contributed by atoms with van der Waals surface area (Å²) in [6.45, 7) is 17.4. The summed E-state index contributed by atoms with van der Waals surface area (Å²) >= 11 is 0. The number of aldehydes is 1. The number of carbonyl (C=O) groups excluding carboxylic acids is 3. The van der Waals surface area contributed by atoms with Crippen molar-refractivity contribution < 1.29 is 182 Å². The zero-order valence-electron chi connectivity index (χ0n) is 63.3. The molecule has 110 heavy (non-hydrogen) atoms. The molecule has 0 bridgehead atoms. The van der Waals surface area contributed by atoms with Gasteiger partial charge in [0.2, 0.25) is 6.29 Å². The van der Waals surface area contributed by atoms with Crippen LogP contribution in [0.1, 0.15) is 134 Å². The molecule has 37 nitrogen and oxygen atoms in total. The number of rotatable bonds is 18. The van der Waals surface area contributed by atoms with E-state index in [2.05, 4.69) is 40.7 Å². The molecule has 11 fully saturated rings. The molecule has 44 atom stereocenters. The Balaban J connectivity index is 0.850. The summed E-state index contributed by atoms with van der Waals surface area (Å²) in [6.07, 6.45) is -58.6. The first-order valence-corrected chi connectivity index (χ1v) is 38.2. The van der Waals surface area contributed by atoms with Gasteiger partial charge >= 0.3 is 17.9 Å². The van der Waals surface area contributed by atoms with Crippen LogP contribution in [0.15, 0.2) is 11.6 Å². The number of hydrogen-bond acceptors (Lipinski definition) is 36. The van der Waals surface area contributed by atoms with E-state index < -0.39 is 296 Å². The molecule has 12 aliphatic rings. The van der Waals surface area contributed by atoms with Gasteiger partial charge < -0.3 is 168 Å². The largest absolute Gasteiger partial charge is 0.479 e. The predicted octanol–water partition coefficient (Wildman–Crippen LogP) is -5.00. The number of aliphatic carboxylic acids is 1. The molecule has 0 aromatic rings. The fourth-order valence-corrected chi connectivity index (χ4v) is 20.7. The molecular weight excluding hydrogens is 1470 g/mol. The van der Waals surface area contributed by atoms with Gasteiger partial charge in [0, 0.05) is 6.92 Å². The summed E-state index contributed by atoms with van der Waals surface area (Å²) in [6, 6.07) is 0. The average Bonchev–Trinajstić information content (AvgIpc) is 0.669. The van der Waals surface area contributed by atoms with Gasteiger partial charge in [-0.15, -0.1) is 0 Å². The minimum absolute atomic E-state index is 0.0136. The van der Waals surface area contributed by atoms with Crippen molar-refractivity contribution in [1.82, 2.24) is 0 Å². The van der Waals surface area contributed by atoms with Gasteiger partial charge in [0.05, 0.1) is 55.3 Å². The van der Waals surface area contributed by atoms with E-state index in [1.54, 1.807) is 6.92 Å². The quantitative estimate of drug-likeness (QED) is 0.0264. The summed E-state index contributed by atoms with van der Waals surface area (Å²) in [5.74, 6) is -5.16. The lowest BCUT2D eigenvalue weighted by Crippen LogP contribution is -2.70. The third-order valence-electron chi connectivity index (χ3n) is 27.4. The van der Waals surface area contributed by atoms with Crippen molar-refractivity contribution >= 4 is 24.2 Å². The number of ether oxygens (including phenoxy) is 15. The first-order chi connectivity index (χ1) is 51.4. The van der Waals surface area contributed by atoms with Gasteiger partial charge in [-0.25, -0.2) is 4.79 Å². The lowest BCUT2D eigenvalue weighted by molar-refractivity contribution is -0.394. The Morgan fingerprint density at radius 1 is 0.491 bits per heavy atom. The molecule has 44 unspecified atom stereocenters. The Bertz CT molecular complexity index is 3280. The number of fused-ring (bicyclic) bond motifs is 7. The van der Waals surface area contributed by atoms with Crippen molar-refractivity contribution in [2.24, 2.45) is 50.2 Å². The highest BCUT2D eigenvalue weighted by Gasteiger charge is 2.73. The van der Waals surface area contributed by atoms with Crippen molar-refractivity contribution in [3.8, 4) is 0 Å². The SMILES string of the molecule is CC(=O)OC1C(C)OC(OC(=O)C23CCC(C)(C)CC2C2=CCC4C5(C)CCC(OC6OC(C(=O)O)C(O)C(OC7OC(C)C(O)C(O)C7O)C6OC6OC(CO)C(O)C(O)C6O)C(C)(C=O)C5CCC4(C)C2(C)CC3O)C(OC2OC(C)C(OC3OCC(O)C(O)C3O)C(O)C2O)C1OC1OC(C)C(O)C(O)C1O. The molecular formula is C73H114O37. The maximum atomic E-state index is 16.3. The summed E-state index contributed by atoms with van der Waals surface area (Å²) in [7, 11) is 0. The minimum Gasteiger partial charge on any atom is -0.479 e. The highest BCUT2D eigenvalue weighted by atomic mass is 16.8. The van der Waals surface area contributed by atoms with Crippen LogP contribution in [0.2, 0.25) is 0 Å². The van der Waals surface area contributed by atoms with Crippen LogP contribution in [0.4, 0.5) is 0 Å². The highest BCUT2D eigenvalue weighted by molar-refractivity contribution is 5.80. The number of hydrogen-bond donors (Lipinski definition) is 18. The monoisotopic (exact) mass is 1580 g/mol. The third-order valence-corrected chi connectivity index (χ3v) is 27.4. The van der Waals surface area contributed by atoms with Crippen LogP contribution in [0, 0.1) is 50.2 Å². The smallest absolute Gasteiger partial charge is 0.335 e. The van der Waals surface area contributed by atoms with Gasteiger partial charge in [-0.1, -0.05) is 53.2 Å². The van der Waals surface area contributed by atoms with Crippen LogP contribution >= 0.6 is 0 Å². The van der Waals surface area contributed by atoms with Gasteiger partial charge in [-0.3, -0.25) is 9.59 Å². The zero-order valence-corrected chi connectivity index (χ0v) is 63.3. The summed E-state index contributed by atoms with van der Waals surface area (Å²) in [5, 5.41) is 200. The zero-order chi connectivity index (χ0) is 80.6. The van der Waals surface area contributed by atoms with Crippen LogP contribution < -0.4 is 0 Å². The molecule has 0 aromatic carbocycles. The highest BCUT2D eigenvalue weighted by Crippen LogP contribution is 2.76. The van der Waals surface area contributed by atoms with Gasteiger partial charge in [0.1, 0.15) is 134 Å². The number of carboxylic acids is 1. The summed E-state index contributed by atoms with van der Waals surface area (Å²) < 4.78 is 92.0. The first-order valence-electron chi connectivity index (χ1n) is 38.2. The van der Waals surface area contributed by atoms with E-state index in [-0.39, 0.29) is 25.2 Å². The second kappa shape index (κ2) is 32.2. The summed E-state index contributed by atoms with van der Waals surface area (Å²) in [4.78, 5) is 56.8. The van der Waals surface area contributed by atoms with E-state index in [4.69, 9.17) is 71.1 Å². The second-order valence-electron chi connectivity index (χ2n) is 34.6. The van der Waals surface area contributed by atoms with Crippen LogP contribution in [0.5, 0.6) is 0 Å². The van der Waals surface area contributed by atoms with Crippen molar-refractivity contribution in [1.29, 1.82) is 0 Å². The van der Waals surface area contributed by atoms with E-state index in [9.17, 15) is 106 Å². The fraction of sp³-hybridized carbons (Fsp3) is 0.918. The first kappa shape index (κ1) is 86.0. The summed E-state index contributed by atoms with van der Waals surface area (Å²) in [5.41, 5.74) is -5.20. The van der Waals surface area contributed by atoms with Crippen molar-refractivity contribution in [2.75, 3.05) is 13.2 Å². The lowest BCUT2D eigenvalue weighted by Gasteiger charge is -2.71. The standard InChI is InChI=1S/C73H114O37/c1-25-38(79)42(83)47(88)61(97-25)105-54-51(92)55(59(93)94)106-66(57(54)108-64-49(90)44(85)41(82)33(22-74)102-64)103-37-15-16-69(8)34(70(37,9)24-75)14-17-71(10)35(69)13-12-30-31-20-68(6,7)18-19-73(31,36(78)21-72(30,71)11)67(95)110-65-58(56(53(28(4)100-65)101-29(5)76)107-62-48(89)43(84)39(80)26(2)98-62)109-63-50(91)45(86)52(27(3)99-63)104-60-46(87)40(81)32(77)23-96-60/h12,24-28,31-58,60-66,74,77-92H,13-23H2,1-11H3,(H,93,94). The molecule has 7 aliphatic heterocycles. The second-order valence-corrected chi connectivity index (χ2v) is 34.6. The maximum Gasteiger partial charge on any atom is 0.335 e. The normalized spacial score (nSPS) is 54.4. The van der Waals surface area contributed by atoms with Crippen molar-refractivity contribution in [3.63, 3.8) is 0 Å². The molecule has 0 amide bonds. The third kappa shape index (κ3) is 14.8. The number of allylic oxidation sites excluding steroid dienone is 2. The molecule has 5 aliphatic carbocycles. The Morgan fingerprint density at radius 3 is 1.59 bits per heavy atom. The van der Waals surface area contributed by atoms with Crippen molar-refractivity contribution in [2.45, 2.75) is 355 Å². The maximum absolute atomic E-state index is 16.3. The number of carboxylic acid groups (broad SMARTS) is 1. The lowest BCUT2D eigenvalue weighted by atomic mass is 9.33. The number of carbonyl (C=O) groups is 4. The van der Waals surface area contributed by atoms with E-state index in [0.29, 0.717) is 38.5 Å². The Kier molecular flexibility index (Phi) is 25.1. The molecule has 628 valence electrons. The van der Waals surface area contributed by atoms with Crippen LogP contribution in [-0.4, -0.2) is 350 Å². The topological polar surface area (TPSA) is 571 Å². The Hall–Kier alpha value is -3.38. The fourth-order valence-electron chi connectivity index (χ4n) is 20.7.